The molecule has 2 heterocycles. The summed E-state index contributed by atoms with van der Waals surface area (Å²) < 4.78 is 11.1. The Kier molecular flexibility index (Phi) is 3.73. The zero-order valence-corrected chi connectivity index (χ0v) is 15.0. The minimum absolute atomic E-state index is 0.697. The fraction of sp³-hybridized carbons (Fsp3) is 0.158. The molecule has 1 N–H and O–H groups in total. The summed E-state index contributed by atoms with van der Waals surface area (Å²) >= 11 is 6.05. The summed E-state index contributed by atoms with van der Waals surface area (Å²) in [6.07, 6.45) is 5.99. The third-order valence-corrected chi connectivity index (χ3v) is 4.59. The summed E-state index contributed by atoms with van der Waals surface area (Å²) in [7, 11) is 3.30. The van der Waals surface area contributed by atoms with Crippen molar-refractivity contribution >= 4 is 34.7 Å². The molecule has 0 spiro atoms. The van der Waals surface area contributed by atoms with Crippen LogP contribution in [0.1, 0.15) is 12.5 Å². The highest BCUT2D eigenvalue weighted by molar-refractivity contribution is 6.30. The van der Waals surface area contributed by atoms with Gasteiger partial charge in [0.2, 0.25) is 0 Å². The van der Waals surface area contributed by atoms with Gasteiger partial charge < -0.3 is 14.8 Å². The molecule has 25 heavy (non-hydrogen) atoms. The molecule has 4 rings (SSSR count). The van der Waals surface area contributed by atoms with Crippen LogP contribution in [0.4, 0.5) is 17.1 Å². The highest BCUT2D eigenvalue weighted by Gasteiger charge is 2.31. The van der Waals surface area contributed by atoms with Gasteiger partial charge in [-0.3, -0.25) is 10.0 Å². The summed E-state index contributed by atoms with van der Waals surface area (Å²) in [5.41, 5.74) is 5.03. The molecule has 2 aliphatic heterocycles. The van der Waals surface area contributed by atoms with E-state index in [4.69, 9.17) is 21.1 Å². The fourth-order valence-electron chi connectivity index (χ4n) is 3.29. The van der Waals surface area contributed by atoms with Crippen molar-refractivity contribution in [3.63, 3.8) is 0 Å². The van der Waals surface area contributed by atoms with Gasteiger partial charge in [-0.25, -0.2) is 0 Å². The monoisotopic (exact) mass is 355 g/mol. The smallest absolute Gasteiger partial charge is 0.170 e. The topological polar surface area (TPSA) is 37.0 Å². The summed E-state index contributed by atoms with van der Waals surface area (Å²) in [5, 5.41) is 8.23. The van der Waals surface area contributed by atoms with E-state index in [2.05, 4.69) is 28.3 Å². The molecular weight excluding hydrogens is 338 g/mol. The predicted molar refractivity (Wildman–Crippen MR) is 102 cm³/mol. The van der Waals surface area contributed by atoms with Crippen LogP contribution >= 0.6 is 11.6 Å². The molecule has 0 fully saturated rings. The molecule has 2 aliphatic rings. The number of anilines is 3. The second-order valence-electron chi connectivity index (χ2n) is 5.80. The minimum Gasteiger partial charge on any atom is -0.493 e. The Labute approximate surface area is 151 Å². The number of nitrogens with zero attached hydrogens (tertiary/aromatic N) is 2. The molecule has 0 unspecified atom stereocenters. The third-order valence-electron chi connectivity index (χ3n) is 4.34. The van der Waals surface area contributed by atoms with Gasteiger partial charge in [-0.1, -0.05) is 11.6 Å². The molecule has 5 nitrogen and oxygen atoms in total. The van der Waals surface area contributed by atoms with Crippen molar-refractivity contribution in [1.29, 1.82) is 0 Å². The average Bonchev–Trinajstić information content (AvgIpc) is 2.62. The fourth-order valence-corrected chi connectivity index (χ4v) is 3.42. The number of ether oxygens (including phenoxy) is 2. The predicted octanol–water partition coefficient (Wildman–Crippen LogP) is 4.86. The molecule has 0 bridgehead atoms. The Morgan fingerprint density at radius 3 is 2.52 bits per heavy atom. The Hall–Kier alpha value is -2.79. The quantitative estimate of drug-likeness (QED) is 0.851. The normalized spacial score (nSPS) is 14.6. The number of methoxy groups -OCH3 is 2. The maximum Gasteiger partial charge on any atom is 0.170 e. The minimum atomic E-state index is 0.697. The lowest BCUT2D eigenvalue weighted by Gasteiger charge is -2.42. The SMILES string of the molecule is COc1cc2c3c(c1OC)C=C(C)N(c1ccc(Cl)cc1)N3C=CN2. The highest BCUT2D eigenvalue weighted by atomic mass is 35.5. The molecule has 6 heteroatoms. The summed E-state index contributed by atoms with van der Waals surface area (Å²) in [5.74, 6) is 1.42. The lowest BCUT2D eigenvalue weighted by molar-refractivity contribution is 0.354. The molecule has 2 aromatic rings. The van der Waals surface area contributed by atoms with E-state index < -0.39 is 0 Å². The van der Waals surface area contributed by atoms with Crippen LogP contribution in [0.3, 0.4) is 0 Å². The molecule has 0 aromatic heterocycles. The van der Waals surface area contributed by atoms with E-state index in [0.717, 1.165) is 34.1 Å². The van der Waals surface area contributed by atoms with Crippen molar-refractivity contribution in [3.05, 3.63) is 59.0 Å². The van der Waals surface area contributed by atoms with Crippen LogP contribution in [0.15, 0.2) is 48.4 Å². The molecule has 2 aromatic carbocycles. The summed E-state index contributed by atoms with van der Waals surface area (Å²) in [6.45, 7) is 2.06. The van der Waals surface area contributed by atoms with Crippen molar-refractivity contribution < 1.29 is 9.47 Å². The van der Waals surface area contributed by atoms with E-state index in [0.29, 0.717) is 10.8 Å². The van der Waals surface area contributed by atoms with Gasteiger partial charge in [0.1, 0.15) is 0 Å². The van der Waals surface area contributed by atoms with Gasteiger partial charge in [0.15, 0.2) is 11.5 Å². The van der Waals surface area contributed by atoms with Crippen molar-refractivity contribution in [1.82, 2.24) is 0 Å². The molecule has 0 saturated heterocycles. The lowest BCUT2D eigenvalue weighted by atomic mass is 10.0. The van der Waals surface area contributed by atoms with Gasteiger partial charge in [0, 0.05) is 29.2 Å². The van der Waals surface area contributed by atoms with E-state index in [9.17, 15) is 0 Å². The second-order valence-corrected chi connectivity index (χ2v) is 6.24. The molecule has 0 saturated carbocycles. The van der Waals surface area contributed by atoms with Crippen LogP contribution < -0.4 is 24.8 Å². The number of hydrogen-bond acceptors (Lipinski definition) is 5. The average molecular weight is 356 g/mol. The number of rotatable bonds is 3. The van der Waals surface area contributed by atoms with E-state index >= 15 is 0 Å². The van der Waals surface area contributed by atoms with Crippen molar-refractivity contribution in [2.24, 2.45) is 0 Å². The van der Waals surface area contributed by atoms with Crippen LogP contribution in [-0.4, -0.2) is 14.2 Å². The Morgan fingerprint density at radius 2 is 1.84 bits per heavy atom. The molecule has 0 aliphatic carbocycles. The van der Waals surface area contributed by atoms with E-state index in [1.165, 1.54) is 0 Å². The van der Waals surface area contributed by atoms with Gasteiger partial charge in [0.05, 0.1) is 36.8 Å². The first-order chi connectivity index (χ1) is 12.1. The number of hydrogen-bond donors (Lipinski definition) is 1. The van der Waals surface area contributed by atoms with E-state index in [1.807, 2.05) is 42.7 Å². The number of hydrazine groups is 1. The third kappa shape index (κ3) is 2.39. The lowest BCUT2D eigenvalue weighted by Crippen LogP contribution is -2.42. The van der Waals surface area contributed by atoms with E-state index in [1.54, 1.807) is 14.2 Å². The van der Waals surface area contributed by atoms with Gasteiger partial charge in [-0.2, -0.15) is 0 Å². The van der Waals surface area contributed by atoms with Gasteiger partial charge >= 0.3 is 0 Å². The first kappa shape index (κ1) is 15.7. The van der Waals surface area contributed by atoms with Crippen LogP contribution in [-0.2, 0) is 0 Å². The van der Waals surface area contributed by atoms with Crippen LogP contribution in [0.2, 0.25) is 5.02 Å². The Morgan fingerprint density at radius 1 is 1.08 bits per heavy atom. The number of benzene rings is 2. The zero-order chi connectivity index (χ0) is 17.6. The number of allylic oxidation sites excluding steroid dienone is 1. The van der Waals surface area contributed by atoms with Crippen LogP contribution in [0.5, 0.6) is 11.5 Å². The van der Waals surface area contributed by atoms with Crippen LogP contribution in [0, 0.1) is 0 Å². The maximum atomic E-state index is 6.05. The van der Waals surface area contributed by atoms with E-state index in [-0.39, 0.29) is 0 Å². The summed E-state index contributed by atoms with van der Waals surface area (Å²) in [4.78, 5) is 0. The molecular formula is C19H18ClN3O2. The molecule has 0 amide bonds. The Balaban J connectivity index is 1.93. The largest absolute Gasteiger partial charge is 0.493 e. The van der Waals surface area contributed by atoms with Gasteiger partial charge in [-0.05, 0) is 37.3 Å². The molecule has 0 radical (unpaired) electrons. The zero-order valence-electron chi connectivity index (χ0n) is 14.2. The van der Waals surface area contributed by atoms with Crippen LogP contribution in [0.25, 0.3) is 6.08 Å². The van der Waals surface area contributed by atoms with Crippen molar-refractivity contribution in [3.8, 4) is 11.5 Å². The summed E-state index contributed by atoms with van der Waals surface area (Å²) in [6, 6.07) is 9.73. The van der Waals surface area contributed by atoms with Gasteiger partial charge in [-0.15, -0.1) is 0 Å². The van der Waals surface area contributed by atoms with Crippen molar-refractivity contribution in [2.75, 3.05) is 29.6 Å². The maximum absolute atomic E-state index is 6.05. The number of halogens is 1. The number of nitrogens with one attached hydrogen (secondary N) is 1. The van der Waals surface area contributed by atoms with Gasteiger partial charge in [0.25, 0.3) is 0 Å². The standard InChI is InChI=1S/C19H18ClN3O2/c1-12-10-15-18-16(11-17(24-2)19(15)25-3)21-8-9-22(18)23(12)14-6-4-13(20)5-7-14/h4-11,21H,1-3H3. The van der Waals surface area contributed by atoms with Crippen molar-refractivity contribution in [2.45, 2.75) is 6.92 Å². The Bertz CT molecular complexity index is 891. The second kappa shape index (κ2) is 5.93. The first-order valence-electron chi connectivity index (χ1n) is 7.89. The highest BCUT2D eigenvalue weighted by Crippen LogP contribution is 2.49. The first-order valence-corrected chi connectivity index (χ1v) is 8.27. The molecule has 128 valence electrons. The molecule has 0 atom stereocenters.